The van der Waals surface area contributed by atoms with E-state index in [-0.39, 0.29) is 30.5 Å². The molecule has 0 spiro atoms. The lowest BCUT2D eigenvalue weighted by Crippen LogP contribution is -2.58. The lowest BCUT2D eigenvalue weighted by Gasteiger charge is -2.24. The van der Waals surface area contributed by atoms with E-state index in [0.29, 0.717) is 31.5 Å². The second-order valence-electron chi connectivity index (χ2n) is 7.92. The summed E-state index contributed by atoms with van der Waals surface area (Å²) in [6.45, 7) is 1.16. The van der Waals surface area contributed by atoms with Gasteiger partial charge in [-0.25, -0.2) is 9.78 Å². The Morgan fingerprint density at radius 2 is 1.88 bits per heavy atom. The Balaban J connectivity index is 2.06. The maximum absolute atomic E-state index is 12.9. The number of unbranched alkanes of at least 4 members (excludes halogenated alkanes) is 1. The van der Waals surface area contributed by atoms with Gasteiger partial charge in [0.1, 0.15) is 18.1 Å². The number of nitrogens with zero attached hydrogens (tertiary/aromatic N) is 1. The third-order valence-corrected chi connectivity index (χ3v) is 5.73. The van der Waals surface area contributed by atoms with Gasteiger partial charge < -0.3 is 37.1 Å². The Morgan fingerprint density at radius 3 is 2.45 bits per heavy atom. The number of carbonyl (C=O) groups excluding carboxylic acids is 3. The van der Waals surface area contributed by atoms with Gasteiger partial charge in [0.05, 0.1) is 12.4 Å². The number of H-pyrrole nitrogens is 1. The van der Waals surface area contributed by atoms with E-state index >= 15 is 0 Å². The molecule has 1 aliphatic rings. The number of imidazole rings is 1. The molecule has 8 N–H and O–H groups in total. The van der Waals surface area contributed by atoms with Crippen molar-refractivity contribution in [2.24, 2.45) is 5.73 Å². The van der Waals surface area contributed by atoms with Crippen LogP contribution in [0.4, 0.5) is 0 Å². The van der Waals surface area contributed by atoms with Crippen molar-refractivity contribution in [3.63, 3.8) is 0 Å². The molecule has 13 heteroatoms. The van der Waals surface area contributed by atoms with E-state index in [0.717, 1.165) is 13.0 Å². The Labute approximate surface area is 197 Å². The number of carboxylic acids is 1. The second kappa shape index (κ2) is 13.8. The Bertz CT molecular complexity index is 786. The molecule has 12 nitrogen and oxygen atoms in total. The van der Waals surface area contributed by atoms with Gasteiger partial charge >= 0.3 is 5.97 Å². The second-order valence-corrected chi connectivity index (χ2v) is 8.28. The van der Waals surface area contributed by atoms with Gasteiger partial charge in [-0.15, -0.1) is 0 Å². The van der Waals surface area contributed by atoms with Crippen molar-refractivity contribution in [2.45, 2.75) is 62.7 Å². The topological polar surface area (TPSA) is 191 Å². The molecule has 33 heavy (non-hydrogen) atoms. The summed E-state index contributed by atoms with van der Waals surface area (Å²) < 4.78 is 0. The van der Waals surface area contributed by atoms with Crippen molar-refractivity contribution in [1.82, 2.24) is 31.2 Å². The van der Waals surface area contributed by atoms with Crippen LogP contribution in [0.25, 0.3) is 0 Å². The largest absolute Gasteiger partial charge is 0.480 e. The first kappa shape index (κ1) is 26.6. The summed E-state index contributed by atoms with van der Waals surface area (Å²) in [7, 11) is 0. The predicted octanol–water partition coefficient (Wildman–Crippen LogP) is -1.70. The van der Waals surface area contributed by atoms with E-state index < -0.39 is 35.9 Å². The maximum atomic E-state index is 12.9. The van der Waals surface area contributed by atoms with E-state index in [9.17, 15) is 24.3 Å². The molecule has 1 saturated heterocycles. The minimum Gasteiger partial charge on any atom is -0.480 e. The van der Waals surface area contributed by atoms with E-state index in [1.165, 1.54) is 12.5 Å². The number of carboxylic acid groups (broad SMARTS) is 1. The van der Waals surface area contributed by atoms with Gasteiger partial charge in [-0.3, -0.25) is 14.4 Å². The average Bonchev–Trinajstić information content (AvgIpc) is 3.50. The molecule has 2 rings (SSSR count). The minimum atomic E-state index is -1.17. The van der Waals surface area contributed by atoms with Crippen molar-refractivity contribution in [3.05, 3.63) is 18.2 Å². The van der Waals surface area contributed by atoms with Crippen LogP contribution >= 0.6 is 12.6 Å². The molecule has 184 valence electrons. The van der Waals surface area contributed by atoms with Crippen LogP contribution in [0.15, 0.2) is 12.5 Å². The SMILES string of the molecule is NCCCCC(NC(=O)C(Cc1cnc[nH]1)NC(=O)C(CS)NC(=O)C1CCCN1)C(=O)O. The van der Waals surface area contributed by atoms with Crippen LogP contribution in [-0.2, 0) is 25.6 Å². The first-order valence-electron chi connectivity index (χ1n) is 11.0. The number of aliphatic carboxylic acids is 1. The molecular formula is C20H33N7O5S. The zero-order chi connectivity index (χ0) is 24.2. The minimum absolute atomic E-state index is 0.0273. The van der Waals surface area contributed by atoms with E-state index in [2.05, 4.69) is 43.9 Å². The molecule has 4 atom stereocenters. The summed E-state index contributed by atoms with van der Waals surface area (Å²) in [6, 6.07) is -3.52. The van der Waals surface area contributed by atoms with Gasteiger partial charge in [-0.05, 0) is 45.2 Å². The summed E-state index contributed by atoms with van der Waals surface area (Å²) in [4.78, 5) is 56.5. The molecule has 4 unspecified atom stereocenters. The number of nitrogens with one attached hydrogen (secondary N) is 5. The summed E-state index contributed by atoms with van der Waals surface area (Å²) >= 11 is 4.16. The standard InChI is InChI=1S/C20H33N7O5S/c21-6-2-1-4-14(20(31)32)25-18(29)15(8-12-9-22-11-24-12)26-19(30)16(10-33)27-17(28)13-5-3-7-23-13/h9,11,13-16,23,33H,1-8,10,21H2,(H,22,24)(H,25,29)(H,26,30)(H,27,28)(H,31,32). The monoisotopic (exact) mass is 483 g/mol. The molecular weight excluding hydrogens is 450 g/mol. The molecule has 1 aromatic rings. The first-order chi connectivity index (χ1) is 15.8. The highest BCUT2D eigenvalue weighted by atomic mass is 32.1. The number of aromatic amines is 1. The molecule has 0 aliphatic carbocycles. The highest BCUT2D eigenvalue weighted by Crippen LogP contribution is 2.07. The maximum Gasteiger partial charge on any atom is 0.326 e. The van der Waals surface area contributed by atoms with E-state index in [1.807, 2.05) is 0 Å². The third kappa shape index (κ3) is 8.67. The molecule has 0 saturated carbocycles. The molecule has 1 aliphatic heterocycles. The van der Waals surface area contributed by atoms with Crippen LogP contribution in [0.5, 0.6) is 0 Å². The molecule has 3 amide bonds. The zero-order valence-corrected chi connectivity index (χ0v) is 19.3. The van der Waals surface area contributed by atoms with Crippen molar-refractivity contribution < 1.29 is 24.3 Å². The smallest absolute Gasteiger partial charge is 0.326 e. The van der Waals surface area contributed by atoms with Gasteiger partial charge in [0, 0.05) is 24.1 Å². The van der Waals surface area contributed by atoms with Crippen LogP contribution in [0.1, 0.15) is 37.8 Å². The van der Waals surface area contributed by atoms with Crippen LogP contribution < -0.4 is 27.0 Å². The number of carbonyl (C=O) groups is 4. The molecule has 2 heterocycles. The van der Waals surface area contributed by atoms with Crippen LogP contribution in [0.2, 0.25) is 0 Å². The summed E-state index contributed by atoms with van der Waals surface area (Å²) in [5.41, 5.74) is 6.03. The number of nitrogens with two attached hydrogens (primary N) is 1. The number of hydrogen-bond donors (Lipinski definition) is 8. The van der Waals surface area contributed by atoms with Crippen molar-refractivity contribution in [2.75, 3.05) is 18.8 Å². The number of amides is 3. The molecule has 0 aromatic carbocycles. The fourth-order valence-electron chi connectivity index (χ4n) is 3.50. The normalized spacial score (nSPS) is 18.2. The zero-order valence-electron chi connectivity index (χ0n) is 18.4. The Hall–Kier alpha value is -2.64. The summed E-state index contributed by atoms with van der Waals surface area (Å²) in [6.07, 6.45) is 5.94. The fraction of sp³-hybridized carbons (Fsp3) is 0.650. The molecule has 0 bridgehead atoms. The fourth-order valence-corrected chi connectivity index (χ4v) is 3.75. The lowest BCUT2D eigenvalue weighted by atomic mass is 10.1. The van der Waals surface area contributed by atoms with Crippen molar-refractivity contribution >= 4 is 36.3 Å². The van der Waals surface area contributed by atoms with E-state index in [1.54, 1.807) is 0 Å². The van der Waals surface area contributed by atoms with Gasteiger partial charge in [0.15, 0.2) is 0 Å². The predicted molar refractivity (Wildman–Crippen MR) is 124 cm³/mol. The number of thiol groups is 1. The van der Waals surface area contributed by atoms with Gasteiger partial charge in [-0.2, -0.15) is 12.6 Å². The summed E-state index contributed by atoms with van der Waals surface area (Å²) in [5.74, 6) is -2.69. The third-order valence-electron chi connectivity index (χ3n) is 5.37. The lowest BCUT2D eigenvalue weighted by molar-refractivity contribution is -0.142. The number of hydrogen-bond acceptors (Lipinski definition) is 8. The first-order valence-corrected chi connectivity index (χ1v) is 11.6. The summed E-state index contributed by atoms with van der Waals surface area (Å²) in [5, 5.41) is 20.3. The molecule has 1 fully saturated rings. The van der Waals surface area contributed by atoms with E-state index in [4.69, 9.17) is 5.73 Å². The van der Waals surface area contributed by atoms with Crippen molar-refractivity contribution in [3.8, 4) is 0 Å². The Kier molecular flexibility index (Phi) is 11.1. The highest BCUT2D eigenvalue weighted by Gasteiger charge is 2.31. The number of rotatable bonds is 14. The molecule has 1 aromatic heterocycles. The quantitative estimate of drug-likeness (QED) is 0.113. The van der Waals surface area contributed by atoms with Gasteiger partial charge in [0.25, 0.3) is 0 Å². The van der Waals surface area contributed by atoms with Crippen LogP contribution in [-0.4, -0.2) is 81.8 Å². The highest BCUT2D eigenvalue weighted by molar-refractivity contribution is 7.80. The van der Waals surface area contributed by atoms with Crippen molar-refractivity contribution in [1.29, 1.82) is 0 Å². The average molecular weight is 484 g/mol. The van der Waals surface area contributed by atoms with Gasteiger partial charge in [-0.1, -0.05) is 0 Å². The molecule has 0 radical (unpaired) electrons. The van der Waals surface area contributed by atoms with Crippen LogP contribution in [0, 0.1) is 0 Å². The number of aromatic nitrogens is 2. The van der Waals surface area contributed by atoms with Crippen LogP contribution in [0.3, 0.4) is 0 Å². The van der Waals surface area contributed by atoms with Gasteiger partial charge in [0.2, 0.25) is 17.7 Å². The Morgan fingerprint density at radius 1 is 1.15 bits per heavy atom.